The number of hydrogen-bond acceptors (Lipinski definition) is 5. The fraction of sp³-hybridized carbons (Fsp3) is 0. The second kappa shape index (κ2) is 6.99. The summed E-state index contributed by atoms with van der Waals surface area (Å²) in [5, 5.41) is 2.39. The Bertz CT molecular complexity index is 1280. The van der Waals surface area contributed by atoms with Crippen LogP contribution < -0.4 is 15.6 Å². The molecule has 1 aliphatic heterocycles. The number of anilines is 1. The van der Waals surface area contributed by atoms with Gasteiger partial charge in [0, 0.05) is 5.02 Å². The van der Waals surface area contributed by atoms with Crippen LogP contribution in [0, 0.1) is 5.82 Å². The first-order chi connectivity index (χ1) is 13.8. The maximum Gasteiger partial charge on any atom is 0.335 e. The molecule has 0 spiro atoms. The van der Waals surface area contributed by atoms with E-state index in [-0.39, 0.29) is 22.2 Å². The van der Waals surface area contributed by atoms with Gasteiger partial charge in [-0.1, -0.05) is 11.6 Å². The molecule has 4 amide bonds. The second-order valence-corrected chi connectivity index (χ2v) is 6.53. The topological polar surface area (TPSA) is 96.7 Å². The van der Waals surface area contributed by atoms with Crippen LogP contribution in [0.15, 0.2) is 63.5 Å². The first-order valence-corrected chi connectivity index (χ1v) is 8.61. The molecule has 29 heavy (non-hydrogen) atoms. The standard InChI is InChI=1S/C20H10ClFN2O5/c21-11-1-4-13(5-2-11)24-19(27)15(18(26)23-20(24)28)7-10-9-29-16-6-3-12(22)8-14(16)17(10)25/h1-9H,(H,23,26,28). The lowest BCUT2D eigenvalue weighted by Crippen LogP contribution is -2.54. The number of imide groups is 2. The number of nitrogens with one attached hydrogen (secondary N) is 1. The van der Waals surface area contributed by atoms with Crippen LogP contribution in [0.4, 0.5) is 14.9 Å². The second-order valence-electron chi connectivity index (χ2n) is 6.09. The average Bonchev–Trinajstić information content (AvgIpc) is 2.68. The lowest BCUT2D eigenvalue weighted by atomic mass is 10.1. The van der Waals surface area contributed by atoms with Crippen LogP contribution in [-0.2, 0) is 9.59 Å². The monoisotopic (exact) mass is 412 g/mol. The van der Waals surface area contributed by atoms with E-state index in [9.17, 15) is 23.6 Å². The molecule has 2 aromatic carbocycles. The molecule has 0 radical (unpaired) electrons. The van der Waals surface area contributed by atoms with E-state index in [1.807, 2.05) is 5.32 Å². The molecule has 4 rings (SSSR count). The van der Waals surface area contributed by atoms with Gasteiger partial charge in [0.2, 0.25) is 0 Å². The van der Waals surface area contributed by atoms with E-state index in [1.165, 1.54) is 30.3 Å². The highest BCUT2D eigenvalue weighted by Gasteiger charge is 2.37. The fourth-order valence-corrected chi connectivity index (χ4v) is 2.98. The molecule has 1 fully saturated rings. The first-order valence-electron chi connectivity index (χ1n) is 8.23. The van der Waals surface area contributed by atoms with Crippen LogP contribution in [0.2, 0.25) is 5.02 Å². The Labute approximate surface area is 167 Å². The van der Waals surface area contributed by atoms with Gasteiger partial charge in [-0.05, 0) is 48.5 Å². The summed E-state index contributed by atoms with van der Waals surface area (Å²) in [7, 11) is 0. The number of rotatable bonds is 2. The van der Waals surface area contributed by atoms with Gasteiger partial charge < -0.3 is 4.42 Å². The Morgan fingerprint density at radius 2 is 1.76 bits per heavy atom. The molecule has 7 nitrogen and oxygen atoms in total. The molecule has 0 unspecified atom stereocenters. The predicted molar refractivity (Wildman–Crippen MR) is 103 cm³/mol. The third-order valence-electron chi connectivity index (χ3n) is 4.25. The van der Waals surface area contributed by atoms with Crippen LogP contribution in [-0.4, -0.2) is 17.8 Å². The van der Waals surface area contributed by atoms with Crippen molar-refractivity contribution in [3.8, 4) is 0 Å². The van der Waals surface area contributed by atoms with Gasteiger partial charge in [-0.15, -0.1) is 0 Å². The third kappa shape index (κ3) is 3.30. The highest BCUT2D eigenvalue weighted by molar-refractivity contribution is 6.39. The van der Waals surface area contributed by atoms with E-state index in [0.717, 1.165) is 29.4 Å². The molecule has 144 valence electrons. The van der Waals surface area contributed by atoms with Crippen molar-refractivity contribution in [1.82, 2.24) is 5.32 Å². The quantitative estimate of drug-likeness (QED) is 0.515. The maximum absolute atomic E-state index is 13.5. The van der Waals surface area contributed by atoms with E-state index in [0.29, 0.717) is 5.02 Å². The van der Waals surface area contributed by atoms with Crippen molar-refractivity contribution in [1.29, 1.82) is 0 Å². The van der Waals surface area contributed by atoms with Crippen molar-refractivity contribution in [3.63, 3.8) is 0 Å². The number of barbiturate groups is 1. The lowest BCUT2D eigenvalue weighted by molar-refractivity contribution is -0.122. The van der Waals surface area contributed by atoms with Gasteiger partial charge in [0.15, 0.2) is 5.43 Å². The van der Waals surface area contributed by atoms with E-state index in [1.54, 1.807) is 0 Å². The van der Waals surface area contributed by atoms with Crippen LogP contribution in [0.5, 0.6) is 0 Å². The van der Waals surface area contributed by atoms with Crippen molar-refractivity contribution in [2.75, 3.05) is 4.90 Å². The molecule has 0 bridgehead atoms. The number of carbonyl (C=O) groups is 3. The van der Waals surface area contributed by atoms with Gasteiger partial charge in [-0.25, -0.2) is 14.1 Å². The Kier molecular flexibility index (Phi) is 4.48. The number of halogens is 2. The number of urea groups is 1. The molecule has 1 aliphatic rings. The largest absolute Gasteiger partial charge is 0.463 e. The van der Waals surface area contributed by atoms with Crippen LogP contribution in [0.25, 0.3) is 17.0 Å². The Morgan fingerprint density at radius 3 is 2.48 bits per heavy atom. The van der Waals surface area contributed by atoms with Crippen molar-refractivity contribution in [3.05, 3.63) is 80.9 Å². The predicted octanol–water partition coefficient (Wildman–Crippen LogP) is 3.25. The highest BCUT2D eigenvalue weighted by atomic mass is 35.5. The maximum atomic E-state index is 13.5. The minimum absolute atomic E-state index is 0.0475. The molecule has 1 aromatic heterocycles. The number of fused-ring (bicyclic) bond motifs is 1. The van der Waals surface area contributed by atoms with E-state index in [4.69, 9.17) is 16.0 Å². The molecular weight excluding hydrogens is 403 g/mol. The van der Waals surface area contributed by atoms with Crippen molar-refractivity contribution >= 4 is 52.2 Å². The Morgan fingerprint density at radius 1 is 1.03 bits per heavy atom. The molecule has 1 N–H and O–H groups in total. The van der Waals surface area contributed by atoms with Crippen molar-refractivity contribution in [2.24, 2.45) is 0 Å². The minimum Gasteiger partial charge on any atom is -0.463 e. The summed E-state index contributed by atoms with van der Waals surface area (Å²) >= 11 is 5.82. The molecular formula is C20H10ClFN2O5. The van der Waals surface area contributed by atoms with E-state index >= 15 is 0 Å². The van der Waals surface area contributed by atoms with E-state index in [2.05, 4.69) is 0 Å². The number of hydrogen-bond donors (Lipinski definition) is 1. The van der Waals surface area contributed by atoms with Crippen molar-refractivity contribution in [2.45, 2.75) is 0 Å². The zero-order valence-corrected chi connectivity index (χ0v) is 15.2. The molecule has 0 aliphatic carbocycles. The summed E-state index contributed by atoms with van der Waals surface area (Å²) in [4.78, 5) is 50.6. The Balaban J connectivity index is 1.81. The Hall–Kier alpha value is -3.78. The lowest BCUT2D eigenvalue weighted by Gasteiger charge is -2.26. The summed E-state index contributed by atoms with van der Waals surface area (Å²) in [5.74, 6) is -2.54. The van der Waals surface area contributed by atoms with E-state index < -0.39 is 34.7 Å². The number of benzene rings is 2. The van der Waals surface area contributed by atoms with Gasteiger partial charge in [0.25, 0.3) is 11.8 Å². The highest BCUT2D eigenvalue weighted by Crippen LogP contribution is 2.23. The van der Waals surface area contributed by atoms with Gasteiger partial charge >= 0.3 is 6.03 Å². The summed E-state index contributed by atoms with van der Waals surface area (Å²) in [6, 6.07) is 8.30. The van der Waals surface area contributed by atoms with Gasteiger partial charge in [-0.3, -0.25) is 19.7 Å². The van der Waals surface area contributed by atoms with Gasteiger partial charge in [0.05, 0.1) is 16.6 Å². The van der Waals surface area contributed by atoms with Crippen LogP contribution >= 0.6 is 11.6 Å². The van der Waals surface area contributed by atoms with Crippen molar-refractivity contribution < 1.29 is 23.2 Å². The SMILES string of the molecule is O=C1NC(=O)N(c2ccc(Cl)cc2)C(=O)C1=Cc1coc2ccc(F)cc2c1=O. The van der Waals surface area contributed by atoms with Crippen LogP contribution in [0.1, 0.15) is 5.56 Å². The summed E-state index contributed by atoms with van der Waals surface area (Å²) in [6.07, 6.45) is 2.06. The van der Waals surface area contributed by atoms with Gasteiger partial charge in [-0.2, -0.15) is 0 Å². The first kappa shape index (κ1) is 18.6. The molecule has 3 aromatic rings. The molecule has 1 saturated heterocycles. The average molecular weight is 413 g/mol. The zero-order chi connectivity index (χ0) is 20.7. The smallest absolute Gasteiger partial charge is 0.335 e. The number of carbonyl (C=O) groups excluding carboxylic acids is 3. The van der Waals surface area contributed by atoms with Crippen LogP contribution in [0.3, 0.4) is 0 Å². The molecule has 0 atom stereocenters. The summed E-state index contributed by atoms with van der Waals surface area (Å²) < 4.78 is 18.8. The number of nitrogens with zero attached hydrogens (tertiary/aromatic N) is 1. The summed E-state index contributed by atoms with van der Waals surface area (Å²) in [5.41, 5.74) is -0.901. The van der Waals surface area contributed by atoms with Gasteiger partial charge in [0.1, 0.15) is 23.2 Å². The zero-order valence-electron chi connectivity index (χ0n) is 14.4. The minimum atomic E-state index is -0.969. The third-order valence-corrected chi connectivity index (χ3v) is 4.50. The fourth-order valence-electron chi connectivity index (χ4n) is 2.86. The molecule has 9 heteroatoms. The summed E-state index contributed by atoms with van der Waals surface area (Å²) in [6.45, 7) is 0. The molecule has 2 heterocycles. The number of amides is 4. The normalized spacial score (nSPS) is 15.9. The molecule has 0 saturated carbocycles.